The van der Waals surface area contributed by atoms with Crippen molar-refractivity contribution in [1.29, 1.82) is 0 Å². The molecule has 0 spiro atoms. The normalized spacial score (nSPS) is 9.89. The Labute approximate surface area is 107 Å². The van der Waals surface area contributed by atoms with Crippen LogP contribution in [0.3, 0.4) is 0 Å². The minimum Gasteiger partial charge on any atom is -0.376 e. The molecule has 0 unspecified atom stereocenters. The molecular formula is C15H16N2O. The number of carbonyl (C=O) groups excluding carboxylic acids is 1. The summed E-state index contributed by atoms with van der Waals surface area (Å²) < 4.78 is 0. The van der Waals surface area contributed by atoms with Gasteiger partial charge in [-0.1, -0.05) is 30.3 Å². The van der Waals surface area contributed by atoms with E-state index in [1.807, 2.05) is 61.5 Å². The number of carbonyl (C=O) groups is 1. The third-order valence-electron chi connectivity index (χ3n) is 2.67. The first-order valence-electron chi connectivity index (χ1n) is 5.81. The highest BCUT2D eigenvalue weighted by atomic mass is 16.1. The highest BCUT2D eigenvalue weighted by molar-refractivity contribution is 6.05. The molecule has 18 heavy (non-hydrogen) atoms. The van der Waals surface area contributed by atoms with E-state index in [-0.39, 0.29) is 5.91 Å². The van der Waals surface area contributed by atoms with Gasteiger partial charge in [0.2, 0.25) is 0 Å². The van der Waals surface area contributed by atoms with Crippen molar-refractivity contribution in [3.05, 3.63) is 60.2 Å². The van der Waals surface area contributed by atoms with Crippen molar-refractivity contribution in [3.8, 4) is 0 Å². The minimum absolute atomic E-state index is 0.0927. The predicted octanol–water partition coefficient (Wildman–Crippen LogP) is 3.00. The van der Waals surface area contributed by atoms with Crippen LogP contribution in [0.2, 0.25) is 0 Å². The van der Waals surface area contributed by atoms with Gasteiger partial charge in [-0.25, -0.2) is 0 Å². The van der Waals surface area contributed by atoms with Crippen molar-refractivity contribution in [2.24, 2.45) is 0 Å². The quantitative estimate of drug-likeness (QED) is 0.894. The standard InChI is InChI=1S/C15H16N2O/c1-17(2)14-11-7-6-10-13(14)16-15(18)12-8-4-3-5-9-12/h3-11H,1-2H3,(H,16,18). The van der Waals surface area contributed by atoms with Gasteiger partial charge in [0.25, 0.3) is 5.91 Å². The molecule has 0 saturated heterocycles. The lowest BCUT2D eigenvalue weighted by molar-refractivity contribution is 0.102. The number of hydrogen-bond donors (Lipinski definition) is 1. The maximum absolute atomic E-state index is 12.1. The van der Waals surface area contributed by atoms with E-state index in [0.717, 1.165) is 11.4 Å². The van der Waals surface area contributed by atoms with Crippen LogP contribution in [0.5, 0.6) is 0 Å². The summed E-state index contributed by atoms with van der Waals surface area (Å²) in [6, 6.07) is 16.9. The Hall–Kier alpha value is -2.29. The number of para-hydroxylation sites is 2. The largest absolute Gasteiger partial charge is 0.376 e. The SMILES string of the molecule is CN(C)c1ccccc1NC(=O)c1ccccc1. The number of anilines is 2. The van der Waals surface area contributed by atoms with Gasteiger partial charge in [-0.2, -0.15) is 0 Å². The molecule has 1 amide bonds. The summed E-state index contributed by atoms with van der Waals surface area (Å²) in [6.07, 6.45) is 0. The molecule has 3 nitrogen and oxygen atoms in total. The van der Waals surface area contributed by atoms with Crippen molar-refractivity contribution in [3.63, 3.8) is 0 Å². The number of nitrogens with one attached hydrogen (secondary N) is 1. The fraction of sp³-hybridized carbons (Fsp3) is 0.133. The third-order valence-corrected chi connectivity index (χ3v) is 2.67. The Morgan fingerprint density at radius 1 is 0.944 bits per heavy atom. The van der Waals surface area contributed by atoms with E-state index in [2.05, 4.69) is 5.32 Å². The smallest absolute Gasteiger partial charge is 0.255 e. The lowest BCUT2D eigenvalue weighted by Crippen LogP contribution is -2.16. The van der Waals surface area contributed by atoms with Gasteiger partial charge in [0, 0.05) is 19.7 Å². The van der Waals surface area contributed by atoms with Gasteiger partial charge in [0.1, 0.15) is 0 Å². The Morgan fingerprint density at radius 3 is 2.22 bits per heavy atom. The molecule has 2 rings (SSSR count). The third kappa shape index (κ3) is 2.69. The van der Waals surface area contributed by atoms with Gasteiger partial charge >= 0.3 is 0 Å². The summed E-state index contributed by atoms with van der Waals surface area (Å²) in [7, 11) is 3.90. The van der Waals surface area contributed by atoms with Gasteiger partial charge in [-0.3, -0.25) is 4.79 Å². The van der Waals surface area contributed by atoms with E-state index in [0.29, 0.717) is 5.56 Å². The van der Waals surface area contributed by atoms with Crippen LogP contribution in [0.25, 0.3) is 0 Å². The van der Waals surface area contributed by atoms with Crippen molar-refractivity contribution in [1.82, 2.24) is 0 Å². The summed E-state index contributed by atoms with van der Waals surface area (Å²) in [5.74, 6) is -0.0927. The zero-order chi connectivity index (χ0) is 13.0. The van der Waals surface area contributed by atoms with Crippen LogP contribution in [0.1, 0.15) is 10.4 Å². The molecule has 2 aromatic carbocycles. The van der Waals surface area contributed by atoms with Crippen LogP contribution in [0.15, 0.2) is 54.6 Å². The first-order valence-corrected chi connectivity index (χ1v) is 5.81. The van der Waals surface area contributed by atoms with Crippen LogP contribution in [-0.4, -0.2) is 20.0 Å². The van der Waals surface area contributed by atoms with Crippen LogP contribution in [0.4, 0.5) is 11.4 Å². The van der Waals surface area contributed by atoms with Crippen molar-refractivity contribution in [2.45, 2.75) is 0 Å². The first-order chi connectivity index (χ1) is 8.68. The Morgan fingerprint density at radius 2 is 1.56 bits per heavy atom. The van der Waals surface area contributed by atoms with E-state index in [4.69, 9.17) is 0 Å². The maximum atomic E-state index is 12.1. The Balaban J connectivity index is 2.22. The molecule has 0 atom stereocenters. The van der Waals surface area contributed by atoms with Crippen molar-refractivity contribution >= 4 is 17.3 Å². The molecule has 0 radical (unpaired) electrons. The van der Waals surface area contributed by atoms with Crippen molar-refractivity contribution < 1.29 is 4.79 Å². The molecule has 0 aliphatic rings. The molecular weight excluding hydrogens is 224 g/mol. The molecule has 3 heteroatoms. The fourth-order valence-electron chi connectivity index (χ4n) is 1.75. The second-order valence-electron chi connectivity index (χ2n) is 4.23. The highest BCUT2D eigenvalue weighted by Gasteiger charge is 2.08. The average Bonchev–Trinajstić information content (AvgIpc) is 2.40. The van der Waals surface area contributed by atoms with Crippen LogP contribution in [-0.2, 0) is 0 Å². The Bertz CT molecular complexity index is 535. The molecule has 1 N–H and O–H groups in total. The highest BCUT2D eigenvalue weighted by Crippen LogP contribution is 2.23. The van der Waals surface area contributed by atoms with Gasteiger partial charge in [0.05, 0.1) is 11.4 Å². The summed E-state index contributed by atoms with van der Waals surface area (Å²) >= 11 is 0. The number of nitrogens with zero attached hydrogens (tertiary/aromatic N) is 1. The molecule has 92 valence electrons. The van der Waals surface area contributed by atoms with Crippen molar-refractivity contribution in [2.75, 3.05) is 24.3 Å². The Kier molecular flexibility index (Phi) is 3.63. The van der Waals surface area contributed by atoms with Crippen LogP contribution >= 0.6 is 0 Å². The molecule has 0 fully saturated rings. The number of amides is 1. The summed E-state index contributed by atoms with van der Waals surface area (Å²) in [5, 5.41) is 2.93. The average molecular weight is 240 g/mol. The molecule has 0 aliphatic carbocycles. The molecule has 0 aliphatic heterocycles. The van der Waals surface area contributed by atoms with E-state index in [1.165, 1.54) is 0 Å². The molecule has 0 heterocycles. The van der Waals surface area contributed by atoms with Crippen LogP contribution < -0.4 is 10.2 Å². The lowest BCUT2D eigenvalue weighted by atomic mass is 10.2. The van der Waals surface area contributed by atoms with Gasteiger partial charge in [-0.15, -0.1) is 0 Å². The van der Waals surface area contributed by atoms with E-state index >= 15 is 0 Å². The zero-order valence-electron chi connectivity index (χ0n) is 10.6. The summed E-state index contributed by atoms with van der Waals surface area (Å²) in [4.78, 5) is 14.0. The molecule has 0 bridgehead atoms. The zero-order valence-corrected chi connectivity index (χ0v) is 10.6. The second-order valence-corrected chi connectivity index (χ2v) is 4.23. The van der Waals surface area contributed by atoms with Gasteiger partial charge in [-0.05, 0) is 24.3 Å². The maximum Gasteiger partial charge on any atom is 0.255 e. The molecule has 2 aromatic rings. The van der Waals surface area contributed by atoms with E-state index in [9.17, 15) is 4.79 Å². The molecule has 0 aromatic heterocycles. The van der Waals surface area contributed by atoms with Crippen LogP contribution in [0, 0.1) is 0 Å². The fourth-order valence-corrected chi connectivity index (χ4v) is 1.75. The van der Waals surface area contributed by atoms with E-state index in [1.54, 1.807) is 12.1 Å². The predicted molar refractivity (Wildman–Crippen MR) is 75.2 cm³/mol. The van der Waals surface area contributed by atoms with E-state index < -0.39 is 0 Å². The number of hydrogen-bond acceptors (Lipinski definition) is 2. The number of rotatable bonds is 3. The first kappa shape index (κ1) is 12.2. The summed E-state index contributed by atoms with van der Waals surface area (Å²) in [6.45, 7) is 0. The number of benzene rings is 2. The van der Waals surface area contributed by atoms with Gasteiger partial charge in [0.15, 0.2) is 0 Å². The second kappa shape index (κ2) is 5.36. The summed E-state index contributed by atoms with van der Waals surface area (Å²) in [5.41, 5.74) is 2.46. The topological polar surface area (TPSA) is 32.3 Å². The van der Waals surface area contributed by atoms with Gasteiger partial charge < -0.3 is 10.2 Å². The minimum atomic E-state index is -0.0927. The lowest BCUT2D eigenvalue weighted by Gasteiger charge is -2.17. The monoisotopic (exact) mass is 240 g/mol. The molecule has 0 saturated carbocycles.